The van der Waals surface area contributed by atoms with E-state index in [1.165, 1.54) is 6.42 Å². The molecule has 1 rings (SSSR count). The van der Waals surface area contributed by atoms with Gasteiger partial charge in [-0.3, -0.25) is 0 Å². The van der Waals surface area contributed by atoms with Crippen LogP contribution in [-0.2, 0) is 9.63 Å². The molecule has 4 heteroatoms. The van der Waals surface area contributed by atoms with E-state index in [0.717, 1.165) is 45.2 Å². The van der Waals surface area contributed by atoms with Crippen LogP contribution in [0.15, 0.2) is 0 Å². The Balaban J connectivity index is 2.48. The molecule has 1 atom stereocenters. The molecule has 1 unspecified atom stereocenters. The number of hydroxylamine groups is 2. The zero-order valence-corrected chi connectivity index (χ0v) is 15.2. The Hall–Kier alpha value is -0.610. The third-order valence-corrected chi connectivity index (χ3v) is 4.54. The smallest absolute Gasteiger partial charge is 0.330 e. The summed E-state index contributed by atoms with van der Waals surface area (Å²) in [6, 6.07) is 0. The van der Waals surface area contributed by atoms with E-state index >= 15 is 0 Å². The minimum absolute atomic E-state index is 0.112. The van der Waals surface area contributed by atoms with E-state index in [1.54, 1.807) is 5.06 Å². The SMILES string of the molecule is CCCC(C)(C)CC(O)CC(C)(C)C(=O)ON1CCCCC1. The molecule has 0 saturated carbocycles. The number of hydrogen-bond donors (Lipinski definition) is 1. The Labute approximate surface area is 136 Å². The molecular weight excluding hydrogens is 278 g/mol. The maximum atomic E-state index is 12.4. The van der Waals surface area contributed by atoms with E-state index < -0.39 is 11.5 Å². The van der Waals surface area contributed by atoms with Crippen molar-refractivity contribution in [3.8, 4) is 0 Å². The number of hydrogen-bond acceptors (Lipinski definition) is 4. The highest BCUT2D eigenvalue weighted by molar-refractivity contribution is 5.75. The molecular formula is C18H35NO3. The Kier molecular flexibility index (Phi) is 7.33. The van der Waals surface area contributed by atoms with Gasteiger partial charge in [-0.2, -0.15) is 0 Å². The Bertz CT molecular complexity index is 346. The maximum Gasteiger partial charge on any atom is 0.330 e. The minimum Gasteiger partial charge on any atom is -0.393 e. The first kappa shape index (κ1) is 19.4. The third kappa shape index (κ3) is 6.66. The fourth-order valence-electron chi connectivity index (χ4n) is 3.36. The lowest BCUT2D eigenvalue weighted by atomic mass is 9.78. The first-order chi connectivity index (χ1) is 10.2. The van der Waals surface area contributed by atoms with Gasteiger partial charge in [-0.1, -0.05) is 33.6 Å². The highest BCUT2D eigenvalue weighted by Crippen LogP contribution is 2.33. The van der Waals surface area contributed by atoms with Crippen LogP contribution in [0.5, 0.6) is 0 Å². The van der Waals surface area contributed by atoms with Crippen molar-refractivity contribution in [2.24, 2.45) is 10.8 Å². The van der Waals surface area contributed by atoms with E-state index in [9.17, 15) is 9.90 Å². The number of carbonyl (C=O) groups excluding carboxylic acids is 1. The van der Waals surface area contributed by atoms with Gasteiger partial charge in [0, 0.05) is 13.1 Å². The van der Waals surface area contributed by atoms with Gasteiger partial charge in [-0.05, 0) is 51.4 Å². The Morgan fingerprint density at radius 1 is 1.14 bits per heavy atom. The lowest BCUT2D eigenvalue weighted by Crippen LogP contribution is -2.39. The quantitative estimate of drug-likeness (QED) is 0.738. The van der Waals surface area contributed by atoms with Gasteiger partial charge in [0.05, 0.1) is 11.5 Å². The molecule has 1 saturated heterocycles. The summed E-state index contributed by atoms with van der Waals surface area (Å²) in [5, 5.41) is 12.2. The largest absolute Gasteiger partial charge is 0.393 e. The van der Waals surface area contributed by atoms with Crippen LogP contribution in [0.4, 0.5) is 0 Å². The Morgan fingerprint density at radius 2 is 1.73 bits per heavy atom. The molecule has 0 amide bonds. The number of carbonyl (C=O) groups is 1. The molecule has 1 heterocycles. The van der Waals surface area contributed by atoms with E-state index in [1.807, 2.05) is 13.8 Å². The average molecular weight is 313 g/mol. The number of piperidine rings is 1. The van der Waals surface area contributed by atoms with Crippen molar-refractivity contribution in [1.82, 2.24) is 5.06 Å². The third-order valence-electron chi connectivity index (χ3n) is 4.54. The van der Waals surface area contributed by atoms with Crippen molar-refractivity contribution in [2.75, 3.05) is 13.1 Å². The van der Waals surface area contributed by atoms with Crippen LogP contribution in [0.3, 0.4) is 0 Å². The zero-order valence-electron chi connectivity index (χ0n) is 15.2. The highest BCUT2D eigenvalue weighted by Gasteiger charge is 2.35. The second kappa shape index (κ2) is 8.30. The summed E-state index contributed by atoms with van der Waals surface area (Å²) in [4.78, 5) is 17.9. The van der Waals surface area contributed by atoms with Gasteiger partial charge in [-0.15, -0.1) is 5.06 Å². The first-order valence-electron chi connectivity index (χ1n) is 8.82. The van der Waals surface area contributed by atoms with Crippen LogP contribution in [0.25, 0.3) is 0 Å². The zero-order chi connectivity index (χ0) is 16.8. The molecule has 1 N–H and O–H groups in total. The summed E-state index contributed by atoms with van der Waals surface area (Å²) >= 11 is 0. The topological polar surface area (TPSA) is 49.8 Å². The molecule has 1 aliphatic heterocycles. The molecule has 0 aromatic heterocycles. The molecule has 0 spiro atoms. The summed E-state index contributed by atoms with van der Waals surface area (Å²) in [7, 11) is 0. The van der Waals surface area contributed by atoms with Crippen molar-refractivity contribution in [1.29, 1.82) is 0 Å². The molecule has 22 heavy (non-hydrogen) atoms. The van der Waals surface area contributed by atoms with Gasteiger partial charge in [0.2, 0.25) is 0 Å². The van der Waals surface area contributed by atoms with Crippen molar-refractivity contribution < 1.29 is 14.7 Å². The molecule has 1 fully saturated rings. The van der Waals surface area contributed by atoms with Crippen LogP contribution in [0, 0.1) is 10.8 Å². The van der Waals surface area contributed by atoms with Crippen molar-refractivity contribution in [3.63, 3.8) is 0 Å². The lowest BCUT2D eigenvalue weighted by molar-refractivity contribution is -0.206. The lowest BCUT2D eigenvalue weighted by Gasteiger charge is -2.33. The predicted octanol–water partition coefficient (Wildman–Crippen LogP) is 3.92. The molecule has 0 bridgehead atoms. The van der Waals surface area contributed by atoms with Gasteiger partial charge < -0.3 is 9.94 Å². The second-order valence-electron chi connectivity index (χ2n) is 8.23. The molecule has 130 valence electrons. The van der Waals surface area contributed by atoms with Crippen LogP contribution >= 0.6 is 0 Å². The molecule has 4 nitrogen and oxygen atoms in total. The summed E-state index contributed by atoms with van der Waals surface area (Å²) in [6.07, 6.45) is 6.29. The fourth-order valence-corrected chi connectivity index (χ4v) is 3.36. The maximum absolute atomic E-state index is 12.4. The molecule has 0 aliphatic carbocycles. The molecule has 0 aromatic rings. The molecule has 0 aromatic carbocycles. The summed E-state index contributed by atoms with van der Waals surface area (Å²) in [5.74, 6) is -0.221. The number of nitrogens with zero attached hydrogens (tertiary/aromatic N) is 1. The number of aliphatic hydroxyl groups excluding tert-OH is 1. The van der Waals surface area contributed by atoms with Crippen molar-refractivity contribution in [3.05, 3.63) is 0 Å². The average Bonchev–Trinajstić information content (AvgIpc) is 2.37. The normalized spacial score (nSPS) is 19.0. The monoisotopic (exact) mass is 313 g/mol. The first-order valence-corrected chi connectivity index (χ1v) is 8.82. The van der Waals surface area contributed by atoms with E-state index in [2.05, 4.69) is 20.8 Å². The standard InChI is InChI=1S/C18H35NO3/c1-6-10-17(2,3)13-15(20)14-18(4,5)16(21)22-19-11-8-7-9-12-19/h15,20H,6-14H2,1-5H3. The van der Waals surface area contributed by atoms with E-state index in [4.69, 9.17) is 4.84 Å². The van der Waals surface area contributed by atoms with Crippen LogP contribution < -0.4 is 0 Å². The van der Waals surface area contributed by atoms with Crippen molar-refractivity contribution >= 4 is 5.97 Å². The van der Waals surface area contributed by atoms with Gasteiger partial charge in [-0.25, -0.2) is 4.79 Å². The minimum atomic E-state index is -0.654. The fraction of sp³-hybridized carbons (Fsp3) is 0.944. The van der Waals surface area contributed by atoms with Crippen LogP contribution in [0.1, 0.15) is 79.6 Å². The van der Waals surface area contributed by atoms with Gasteiger partial charge in [0.25, 0.3) is 0 Å². The number of aliphatic hydroxyl groups is 1. The second-order valence-corrected chi connectivity index (χ2v) is 8.23. The Morgan fingerprint density at radius 3 is 2.27 bits per heavy atom. The van der Waals surface area contributed by atoms with Crippen molar-refractivity contribution in [2.45, 2.75) is 85.7 Å². The van der Waals surface area contributed by atoms with Gasteiger partial charge >= 0.3 is 5.97 Å². The predicted molar refractivity (Wildman–Crippen MR) is 89.2 cm³/mol. The van der Waals surface area contributed by atoms with Crippen LogP contribution in [-0.4, -0.2) is 35.3 Å². The summed E-state index contributed by atoms with van der Waals surface area (Å²) < 4.78 is 0. The number of rotatable bonds is 8. The van der Waals surface area contributed by atoms with E-state index in [0.29, 0.717) is 6.42 Å². The summed E-state index contributed by atoms with van der Waals surface area (Å²) in [5.41, 5.74) is -0.541. The highest BCUT2D eigenvalue weighted by atomic mass is 16.7. The molecule has 0 radical (unpaired) electrons. The summed E-state index contributed by atoms with van der Waals surface area (Å²) in [6.45, 7) is 11.9. The van der Waals surface area contributed by atoms with Crippen LogP contribution in [0.2, 0.25) is 0 Å². The molecule has 1 aliphatic rings. The van der Waals surface area contributed by atoms with Gasteiger partial charge in [0.1, 0.15) is 0 Å². The van der Waals surface area contributed by atoms with Gasteiger partial charge in [0.15, 0.2) is 0 Å². The van der Waals surface area contributed by atoms with E-state index in [-0.39, 0.29) is 11.4 Å².